The molecule has 0 aliphatic rings. The zero-order valence-corrected chi connectivity index (χ0v) is 14.7. The molecule has 0 aliphatic carbocycles. The summed E-state index contributed by atoms with van der Waals surface area (Å²) in [6.07, 6.45) is 3.60. The number of rotatable bonds is 8. The Kier molecular flexibility index (Phi) is 6.63. The van der Waals surface area contributed by atoms with Gasteiger partial charge in [0.1, 0.15) is 0 Å². The lowest BCUT2D eigenvalue weighted by Gasteiger charge is -2.06. The Hall–Kier alpha value is -1.36. The first kappa shape index (κ1) is 18.0. The van der Waals surface area contributed by atoms with Gasteiger partial charge in [0.25, 0.3) is 10.1 Å². The molecule has 0 spiro atoms. The fourth-order valence-electron chi connectivity index (χ4n) is 2.20. The molecule has 0 radical (unpaired) electrons. The van der Waals surface area contributed by atoms with Crippen LogP contribution in [0, 0.1) is 6.92 Å². The van der Waals surface area contributed by atoms with E-state index in [1.54, 1.807) is 24.3 Å². The Morgan fingerprint density at radius 2 is 1.57 bits per heavy atom. The summed E-state index contributed by atoms with van der Waals surface area (Å²) < 4.78 is 29.1. The molecule has 3 nitrogen and oxygen atoms in total. The van der Waals surface area contributed by atoms with Crippen LogP contribution in [-0.2, 0) is 20.7 Å². The third kappa shape index (κ3) is 5.98. The number of unbranched alkanes of at least 4 members (excludes halogenated alkanes) is 2. The van der Waals surface area contributed by atoms with Crippen molar-refractivity contribution in [3.05, 3.63) is 64.7 Å². The van der Waals surface area contributed by atoms with Gasteiger partial charge in [-0.2, -0.15) is 8.42 Å². The monoisotopic (exact) mass is 352 g/mol. The molecule has 0 bridgehead atoms. The van der Waals surface area contributed by atoms with Crippen LogP contribution in [0.3, 0.4) is 0 Å². The van der Waals surface area contributed by atoms with Crippen molar-refractivity contribution in [1.82, 2.24) is 0 Å². The SMILES string of the molecule is Cc1ccc(S(=O)(=O)OCCCCCc2ccc(Cl)cc2)cc1. The van der Waals surface area contributed by atoms with Crippen LogP contribution in [0.1, 0.15) is 30.4 Å². The molecule has 2 aromatic rings. The van der Waals surface area contributed by atoms with Gasteiger partial charge in [0.05, 0.1) is 11.5 Å². The van der Waals surface area contributed by atoms with Gasteiger partial charge in [-0.05, 0) is 56.0 Å². The lowest BCUT2D eigenvalue weighted by molar-refractivity contribution is 0.307. The molecular weight excluding hydrogens is 332 g/mol. The van der Waals surface area contributed by atoms with Gasteiger partial charge < -0.3 is 0 Å². The van der Waals surface area contributed by atoms with E-state index in [4.69, 9.17) is 15.8 Å². The highest BCUT2D eigenvalue weighted by atomic mass is 35.5. The van der Waals surface area contributed by atoms with Gasteiger partial charge in [0.2, 0.25) is 0 Å². The minimum Gasteiger partial charge on any atom is -0.266 e. The maximum atomic E-state index is 12.0. The van der Waals surface area contributed by atoms with Crippen molar-refractivity contribution in [3.8, 4) is 0 Å². The van der Waals surface area contributed by atoms with Crippen LogP contribution in [0.2, 0.25) is 5.02 Å². The molecule has 0 saturated carbocycles. The lowest BCUT2D eigenvalue weighted by atomic mass is 10.1. The van der Waals surface area contributed by atoms with E-state index >= 15 is 0 Å². The maximum Gasteiger partial charge on any atom is 0.296 e. The van der Waals surface area contributed by atoms with Crippen LogP contribution < -0.4 is 0 Å². The van der Waals surface area contributed by atoms with E-state index in [0.29, 0.717) is 0 Å². The zero-order chi connectivity index (χ0) is 16.7. The Bertz CT molecular complexity index is 707. The van der Waals surface area contributed by atoms with Crippen molar-refractivity contribution in [2.45, 2.75) is 37.5 Å². The molecule has 23 heavy (non-hydrogen) atoms. The van der Waals surface area contributed by atoms with Crippen LogP contribution in [0.5, 0.6) is 0 Å². The summed E-state index contributed by atoms with van der Waals surface area (Å²) in [7, 11) is -3.64. The summed E-state index contributed by atoms with van der Waals surface area (Å²) in [6, 6.07) is 14.5. The minimum absolute atomic E-state index is 0.212. The fourth-order valence-corrected chi connectivity index (χ4v) is 3.27. The fraction of sp³-hybridized carbons (Fsp3) is 0.333. The Morgan fingerprint density at radius 3 is 2.22 bits per heavy atom. The molecule has 2 aromatic carbocycles. The number of aryl methyl sites for hydroxylation is 2. The number of benzene rings is 2. The first-order valence-corrected chi connectivity index (χ1v) is 9.46. The largest absolute Gasteiger partial charge is 0.296 e. The standard InChI is InChI=1S/C18H21ClO3S/c1-15-6-12-18(13-7-15)23(20,21)22-14-4-2-3-5-16-8-10-17(19)11-9-16/h6-13H,2-5,14H2,1H3. The predicted molar refractivity (Wildman–Crippen MR) is 93.3 cm³/mol. The second-order valence-electron chi connectivity index (χ2n) is 5.53. The predicted octanol–water partition coefficient (Wildman–Crippen LogP) is 4.77. The van der Waals surface area contributed by atoms with Crippen molar-refractivity contribution in [2.75, 3.05) is 6.61 Å². The van der Waals surface area contributed by atoms with E-state index in [9.17, 15) is 8.42 Å². The average Bonchev–Trinajstić information content (AvgIpc) is 2.53. The van der Waals surface area contributed by atoms with Gasteiger partial charge in [0.15, 0.2) is 0 Å². The van der Waals surface area contributed by atoms with E-state index in [0.717, 1.165) is 36.3 Å². The molecule has 0 heterocycles. The van der Waals surface area contributed by atoms with Crippen LogP contribution >= 0.6 is 11.6 Å². The zero-order valence-electron chi connectivity index (χ0n) is 13.2. The quantitative estimate of drug-likeness (QED) is 0.508. The summed E-state index contributed by atoms with van der Waals surface area (Å²) in [5, 5.41) is 0.739. The lowest BCUT2D eigenvalue weighted by Crippen LogP contribution is -2.07. The molecule has 0 aliphatic heterocycles. The van der Waals surface area contributed by atoms with Crippen LogP contribution in [0.4, 0.5) is 0 Å². The van der Waals surface area contributed by atoms with Crippen LogP contribution in [0.15, 0.2) is 53.4 Å². The third-order valence-corrected chi connectivity index (χ3v) is 5.15. The molecule has 0 atom stereocenters. The minimum atomic E-state index is -3.64. The van der Waals surface area contributed by atoms with Crippen LogP contribution in [-0.4, -0.2) is 15.0 Å². The summed E-state index contributed by atoms with van der Waals surface area (Å²) in [5.41, 5.74) is 2.26. The summed E-state index contributed by atoms with van der Waals surface area (Å²) in [5.74, 6) is 0. The Balaban J connectivity index is 1.68. The highest BCUT2D eigenvalue weighted by Crippen LogP contribution is 2.15. The molecule has 0 amide bonds. The molecule has 0 aromatic heterocycles. The first-order chi connectivity index (χ1) is 11.0. The maximum absolute atomic E-state index is 12.0. The smallest absolute Gasteiger partial charge is 0.266 e. The van der Waals surface area contributed by atoms with E-state index in [-0.39, 0.29) is 11.5 Å². The normalized spacial score (nSPS) is 11.6. The summed E-state index contributed by atoms with van der Waals surface area (Å²) in [4.78, 5) is 0.212. The number of hydrogen-bond acceptors (Lipinski definition) is 3. The number of hydrogen-bond donors (Lipinski definition) is 0. The topological polar surface area (TPSA) is 43.4 Å². The molecule has 5 heteroatoms. The van der Waals surface area contributed by atoms with Crippen molar-refractivity contribution in [2.24, 2.45) is 0 Å². The average molecular weight is 353 g/mol. The van der Waals surface area contributed by atoms with Crippen molar-refractivity contribution in [1.29, 1.82) is 0 Å². The Morgan fingerprint density at radius 1 is 0.913 bits per heavy atom. The van der Waals surface area contributed by atoms with Gasteiger partial charge in [-0.25, -0.2) is 0 Å². The highest BCUT2D eigenvalue weighted by Gasteiger charge is 2.14. The van der Waals surface area contributed by atoms with Gasteiger partial charge in [0, 0.05) is 5.02 Å². The second kappa shape index (κ2) is 8.48. The van der Waals surface area contributed by atoms with E-state index in [1.807, 2.05) is 31.2 Å². The van der Waals surface area contributed by atoms with Crippen molar-refractivity contribution >= 4 is 21.7 Å². The summed E-state index contributed by atoms with van der Waals surface area (Å²) in [6.45, 7) is 2.13. The molecule has 0 N–H and O–H groups in total. The second-order valence-corrected chi connectivity index (χ2v) is 7.58. The molecule has 124 valence electrons. The molecule has 0 saturated heterocycles. The van der Waals surface area contributed by atoms with E-state index < -0.39 is 10.1 Å². The van der Waals surface area contributed by atoms with Crippen LogP contribution in [0.25, 0.3) is 0 Å². The van der Waals surface area contributed by atoms with Crippen molar-refractivity contribution in [3.63, 3.8) is 0 Å². The molecule has 2 rings (SSSR count). The van der Waals surface area contributed by atoms with Gasteiger partial charge >= 0.3 is 0 Å². The first-order valence-electron chi connectivity index (χ1n) is 7.68. The Labute approximate surface area is 143 Å². The molecular formula is C18H21ClO3S. The molecule has 0 fully saturated rings. The van der Waals surface area contributed by atoms with E-state index in [1.165, 1.54) is 5.56 Å². The van der Waals surface area contributed by atoms with Crippen molar-refractivity contribution < 1.29 is 12.6 Å². The molecule has 0 unspecified atom stereocenters. The van der Waals surface area contributed by atoms with Gasteiger partial charge in [-0.15, -0.1) is 0 Å². The highest BCUT2D eigenvalue weighted by molar-refractivity contribution is 7.86. The third-order valence-electron chi connectivity index (χ3n) is 3.57. The summed E-state index contributed by atoms with van der Waals surface area (Å²) >= 11 is 5.84. The van der Waals surface area contributed by atoms with Gasteiger partial charge in [-0.1, -0.05) is 47.9 Å². The van der Waals surface area contributed by atoms with E-state index in [2.05, 4.69) is 0 Å². The number of halogens is 1. The van der Waals surface area contributed by atoms with Gasteiger partial charge in [-0.3, -0.25) is 4.18 Å².